The van der Waals surface area contributed by atoms with E-state index in [1.807, 2.05) is 0 Å². The van der Waals surface area contributed by atoms with E-state index in [-0.39, 0.29) is 5.41 Å². The molecule has 1 heteroatoms. The minimum Gasteiger partial charge on any atom is -0.310 e. The molecule has 1 nitrogen and oxygen atoms in total. The molecular weight excluding hydrogens is 675 g/mol. The molecule has 0 bridgehead atoms. The summed E-state index contributed by atoms with van der Waals surface area (Å²) in [6.45, 7) is 6.90. The Kier molecular flexibility index (Phi) is 9.29. The molecule has 0 fully saturated rings. The molecule has 2 aliphatic rings. The smallest absolute Gasteiger partial charge is 0.0465 e. The molecule has 0 unspecified atom stereocenters. The van der Waals surface area contributed by atoms with Gasteiger partial charge in [-0.3, -0.25) is 0 Å². The summed E-state index contributed by atoms with van der Waals surface area (Å²) in [6.07, 6.45) is 14.1. The number of hydrogen-bond acceptors (Lipinski definition) is 1. The van der Waals surface area contributed by atoms with E-state index in [1.54, 1.807) is 0 Å². The SMILES string of the molecule is C/C(=C\C=C1\C=CC=CC1)c1cccc(-c2ccc(N(c3ccc(-c4ccc(-c5ccccc5)cc4)cc3)c3ccc4c(c3)C(C)(C)c3ccccc3-4)cc2)c1. The van der Waals surface area contributed by atoms with Crippen LogP contribution in [-0.2, 0) is 5.41 Å². The number of hydrogen-bond donors (Lipinski definition) is 0. The molecule has 0 spiro atoms. The van der Waals surface area contributed by atoms with Crippen LogP contribution in [0.5, 0.6) is 0 Å². The monoisotopic (exact) mass is 719 g/mol. The van der Waals surface area contributed by atoms with Crippen LogP contribution < -0.4 is 4.90 Å². The molecule has 0 saturated heterocycles. The summed E-state index contributed by atoms with van der Waals surface area (Å²) in [5.41, 5.74) is 19.8. The largest absolute Gasteiger partial charge is 0.310 e. The number of nitrogens with zero attached hydrogens (tertiary/aromatic N) is 1. The standard InChI is InChI=1S/C55H45N/c1-39(21-22-40-13-6-4-7-14-40)46-17-12-18-47(37-46)45-29-33-49(34-30-45)56(50-35-36-52-51-19-10-11-20-53(51)55(2,3)54(52)38-50)48-31-27-44(28-32-48)43-25-23-42(24-26-43)41-15-8-5-9-16-41/h4-13,15-38H,14H2,1-3H3/b39-21+,40-22-. The molecule has 0 N–H and O–H groups in total. The second-order valence-corrected chi connectivity index (χ2v) is 15.4. The van der Waals surface area contributed by atoms with Gasteiger partial charge < -0.3 is 4.90 Å². The van der Waals surface area contributed by atoms with Crippen LogP contribution in [-0.4, -0.2) is 0 Å². The van der Waals surface area contributed by atoms with Crippen molar-refractivity contribution in [3.63, 3.8) is 0 Å². The second-order valence-electron chi connectivity index (χ2n) is 15.4. The van der Waals surface area contributed by atoms with Crippen molar-refractivity contribution in [1.29, 1.82) is 0 Å². The zero-order valence-electron chi connectivity index (χ0n) is 32.3. The average molecular weight is 720 g/mol. The van der Waals surface area contributed by atoms with Gasteiger partial charge in [0.25, 0.3) is 0 Å². The van der Waals surface area contributed by atoms with Crippen LogP contribution in [0, 0.1) is 0 Å². The number of benzene rings is 7. The van der Waals surface area contributed by atoms with Crippen LogP contribution in [0.1, 0.15) is 43.9 Å². The molecule has 270 valence electrons. The lowest BCUT2D eigenvalue weighted by molar-refractivity contribution is 0.660. The maximum Gasteiger partial charge on any atom is 0.0465 e. The Hall–Kier alpha value is -6.70. The number of allylic oxidation sites excluding steroid dienone is 8. The fourth-order valence-electron chi connectivity index (χ4n) is 8.30. The molecule has 56 heavy (non-hydrogen) atoms. The molecule has 0 saturated carbocycles. The van der Waals surface area contributed by atoms with Gasteiger partial charge in [-0.15, -0.1) is 0 Å². The van der Waals surface area contributed by atoms with Gasteiger partial charge in [-0.2, -0.15) is 0 Å². The quantitative estimate of drug-likeness (QED) is 0.151. The molecule has 7 aromatic rings. The van der Waals surface area contributed by atoms with E-state index in [0.29, 0.717) is 0 Å². The third kappa shape index (κ3) is 6.78. The predicted octanol–water partition coefficient (Wildman–Crippen LogP) is 15.3. The second kappa shape index (κ2) is 14.9. The van der Waals surface area contributed by atoms with Gasteiger partial charge in [0, 0.05) is 22.5 Å². The molecule has 0 aliphatic heterocycles. The maximum atomic E-state index is 2.41. The van der Waals surface area contributed by atoms with E-state index < -0.39 is 0 Å². The molecule has 9 rings (SSSR count). The Morgan fingerprint density at radius 3 is 1.71 bits per heavy atom. The summed E-state index contributed by atoms with van der Waals surface area (Å²) in [5.74, 6) is 0. The van der Waals surface area contributed by atoms with Gasteiger partial charge in [-0.25, -0.2) is 0 Å². The highest BCUT2D eigenvalue weighted by atomic mass is 15.1. The highest BCUT2D eigenvalue weighted by molar-refractivity contribution is 5.86. The molecule has 7 aromatic carbocycles. The van der Waals surface area contributed by atoms with Crippen molar-refractivity contribution in [2.45, 2.75) is 32.6 Å². The van der Waals surface area contributed by atoms with Crippen LogP contribution in [0.25, 0.3) is 50.1 Å². The van der Waals surface area contributed by atoms with E-state index >= 15 is 0 Å². The first-order valence-corrected chi connectivity index (χ1v) is 19.6. The summed E-state index contributed by atoms with van der Waals surface area (Å²) in [7, 11) is 0. The molecule has 0 amide bonds. The van der Waals surface area contributed by atoms with Gasteiger partial charge >= 0.3 is 0 Å². The fourth-order valence-corrected chi connectivity index (χ4v) is 8.30. The van der Waals surface area contributed by atoms with Crippen LogP contribution in [0.15, 0.2) is 212 Å². The molecule has 0 aromatic heterocycles. The molecule has 0 radical (unpaired) electrons. The molecule has 0 atom stereocenters. The van der Waals surface area contributed by atoms with E-state index in [4.69, 9.17) is 0 Å². The van der Waals surface area contributed by atoms with Crippen molar-refractivity contribution in [3.05, 3.63) is 229 Å². The Morgan fingerprint density at radius 2 is 1.05 bits per heavy atom. The minimum atomic E-state index is -0.0918. The van der Waals surface area contributed by atoms with Gasteiger partial charge in [0.15, 0.2) is 0 Å². The number of fused-ring (bicyclic) bond motifs is 3. The first-order valence-electron chi connectivity index (χ1n) is 19.6. The zero-order valence-corrected chi connectivity index (χ0v) is 32.3. The summed E-state index contributed by atoms with van der Waals surface area (Å²) in [6, 6.07) is 62.3. The van der Waals surface area contributed by atoms with Gasteiger partial charge in [0.1, 0.15) is 0 Å². The first kappa shape index (κ1) is 35.0. The van der Waals surface area contributed by atoms with Crippen LogP contribution in [0.2, 0.25) is 0 Å². The normalized spacial score (nSPS) is 14.8. The lowest BCUT2D eigenvalue weighted by Gasteiger charge is -2.28. The van der Waals surface area contributed by atoms with E-state index in [2.05, 4.69) is 232 Å². The van der Waals surface area contributed by atoms with Crippen LogP contribution >= 0.6 is 0 Å². The van der Waals surface area contributed by atoms with Gasteiger partial charge in [0.2, 0.25) is 0 Å². The van der Waals surface area contributed by atoms with Crippen molar-refractivity contribution in [1.82, 2.24) is 0 Å². The van der Waals surface area contributed by atoms with Gasteiger partial charge in [0.05, 0.1) is 0 Å². The van der Waals surface area contributed by atoms with Crippen molar-refractivity contribution in [2.24, 2.45) is 0 Å². The molecular formula is C55H45N. The van der Waals surface area contributed by atoms with E-state index in [9.17, 15) is 0 Å². The van der Waals surface area contributed by atoms with Crippen LogP contribution in [0.3, 0.4) is 0 Å². The number of anilines is 3. The van der Waals surface area contributed by atoms with E-state index in [1.165, 1.54) is 72.3 Å². The third-order valence-electron chi connectivity index (χ3n) is 11.5. The summed E-state index contributed by atoms with van der Waals surface area (Å²) in [5, 5.41) is 0. The summed E-state index contributed by atoms with van der Waals surface area (Å²) >= 11 is 0. The van der Waals surface area contributed by atoms with Crippen LogP contribution in [0.4, 0.5) is 17.1 Å². The lowest BCUT2D eigenvalue weighted by atomic mass is 9.82. The lowest BCUT2D eigenvalue weighted by Crippen LogP contribution is -2.16. The minimum absolute atomic E-state index is 0.0918. The summed E-state index contributed by atoms with van der Waals surface area (Å²) < 4.78 is 0. The average Bonchev–Trinajstić information content (AvgIpc) is 3.49. The fraction of sp³-hybridized carbons (Fsp3) is 0.0909. The van der Waals surface area contributed by atoms with Crippen molar-refractivity contribution in [3.8, 4) is 44.5 Å². The third-order valence-corrected chi connectivity index (χ3v) is 11.5. The Bertz CT molecular complexity index is 2650. The van der Waals surface area contributed by atoms with Crippen molar-refractivity contribution >= 4 is 22.6 Å². The Labute approximate surface area is 332 Å². The van der Waals surface area contributed by atoms with E-state index in [0.717, 1.165) is 23.5 Å². The van der Waals surface area contributed by atoms with Crippen molar-refractivity contribution < 1.29 is 0 Å². The first-order chi connectivity index (χ1) is 27.4. The van der Waals surface area contributed by atoms with Crippen molar-refractivity contribution in [2.75, 3.05) is 4.90 Å². The topological polar surface area (TPSA) is 3.24 Å². The zero-order chi connectivity index (χ0) is 38.1. The maximum absolute atomic E-state index is 2.41. The highest BCUT2D eigenvalue weighted by Gasteiger charge is 2.35. The van der Waals surface area contributed by atoms with Gasteiger partial charge in [-0.05, 0) is 128 Å². The Balaban J connectivity index is 1.06. The Morgan fingerprint density at radius 1 is 0.500 bits per heavy atom. The molecule has 2 aliphatic carbocycles. The summed E-state index contributed by atoms with van der Waals surface area (Å²) in [4.78, 5) is 2.40. The predicted molar refractivity (Wildman–Crippen MR) is 240 cm³/mol. The highest BCUT2D eigenvalue weighted by Crippen LogP contribution is 2.50. The van der Waals surface area contributed by atoms with Gasteiger partial charge in [-0.1, -0.05) is 178 Å². The number of rotatable bonds is 8. The molecule has 0 heterocycles.